The minimum Gasteiger partial charge on any atom is -0.399 e. The third-order valence-electron chi connectivity index (χ3n) is 2.85. The number of hydrogen-bond donors (Lipinski definition) is 1. The van der Waals surface area contributed by atoms with Crippen molar-refractivity contribution >= 4 is 38.6 Å². The second kappa shape index (κ2) is 5.08. The standard InChI is InChI=1S/C14H14N2S2/c15-10-6-7-12-13(9-10)18-14(16-12)5-1-3-11-4-2-8-17-11/h2,4,6-9H,1,3,5,15H2. The second-order valence-corrected chi connectivity index (χ2v) is 6.42. The Morgan fingerprint density at radius 3 is 2.94 bits per heavy atom. The van der Waals surface area contributed by atoms with Crippen LogP contribution in [0.4, 0.5) is 5.69 Å². The molecule has 0 aliphatic rings. The summed E-state index contributed by atoms with van der Waals surface area (Å²) < 4.78 is 1.20. The van der Waals surface area contributed by atoms with Gasteiger partial charge in [0.1, 0.15) is 0 Å². The van der Waals surface area contributed by atoms with Gasteiger partial charge in [-0.1, -0.05) is 6.07 Å². The van der Waals surface area contributed by atoms with E-state index in [1.165, 1.54) is 14.6 Å². The molecule has 0 aliphatic carbocycles. The van der Waals surface area contributed by atoms with Gasteiger partial charge < -0.3 is 5.73 Å². The Bertz CT molecular complexity index is 641. The predicted octanol–water partition coefficient (Wildman–Crippen LogP) is 4.12. The van der Waals surface area contributed by atoms with Crippen LogP contribution >= 0.6 is 22.7 Å². The molecule has 0 atom stereocenters. The van der Waals surface area contributed by atoms with Crippen LogP contribution in [0.3, 0.4) is 0 Å². The summed E-state index contributed by atoms with van der Waals surface area (Å²) in [5, 5.41) is 3.35. The van der Waals surface area contributed by atoms with Crippen molar-refractivity contribution in [2.24, 2.45) is 0 Å². The highest BCUT2D eigenvalue weighted by molar-refractivity contribution is 7.18. The molecule has 0 fully saturated rings. The SMILES string of the molecule is Nc1ccc2nc(CCCc3cccs3)sc2c1. The highest BCUT2D eigenvalue weighted by atomic mass is 32.1. The summed E-state index contributed by atoms with van der Waals surface area (Å²) in [7, 11) is 0. The van der Waals surface area contributed by atoms with Crippen molar-refractivity contribution in [2.45, 2.75) is 19.3 Å². The molecule has 2 heterocycles. The van der Waals surface area contributed by atoms with Crippen molar-refractivity contribution in [2.75, 3.05) is 5.73 Å². The number of nitrogens with zero attached hydrogens (tertiary/aromatic N) is 1. The summed E-state index contributed by atoms with van der Waals surface area (Å²) in [6.07, 6.45) is 3.36. The molecule has 0 amide bonds. The first-order valence-electron chi connectivity index (χ1n) is 5.98. The zero-order valence-corrected chi connectivity index (χ0v) is 11.6. The molecule has 0 aliphatic heterocycles. The van der Waals surface area contributed by atoms with E-state index < -0.39 is 0 Å². The van der Waals surface area contributed by atoms with Gasteiger partial charge in [0.2, 0.25) is 0 Å². The van der Waals surface area contributed by atoms with Gasteiger partial charge in [-0.25, -0.2) is 4.98 Å². The molecule has 1 aromatic carbocycles. The Hall–Kier alpha value is -1.39. The van der Waals surface area contributed by atoms with Crippen LogP contribution in [-0.4, -0.2) is 4.98 Å². The normalized spacial score (nSPS) is 11.1. The lowest BCUT2D eigenvalue weighted by Crippen LogP contribution is -1.86. The molecule has 0 saturated heterocycles. The number of nitrogen functional groups attached to an aromatic ring is 1. The summed E-state index contributed by atoms with van der Waals surface area (Å²) in [5.74, 6) is 0. The number of anilines is 1. The Balaban J connectivity index is 1.67. The smallest absolute Gasteiger partial charge is 0.0938 e. The summed E-state index contributed by atoms with van der Waals surface area (Å²) >= 11 is 3.59. The molecule has 18 heavy (non-hydrogen) atoms. The van der Waals surface area contributed by atoms with E-state index in [1.54, 1.807) is 11.3 Å². The molecule has 4 heteroatoms. The van der Waals surface area contributed by atoms with Crippen LogP contribution in [0.15, 0.2) is 35.7 Å². The topological polar surface area (TPSA) is 38.9 Å². The minimum atomic E-state index is 0.816. The Morgan fingerprint density at radius 2 is 2.11 bits per heavy atom. The first-order chi connectivity index (χ1) is 8.81. The number of thiophene rings is 1. The Morgan fingerprint density at radius 1 is 1.17 bits per heavy atom. The fraction of sp³-hybridized carbons (Fsp3) is 0.214. The van der Waals surface area contributed by atoms with E-state index in [-0.39, 0.29) is 0 Å². The molecular weight excluding hydrogens is 260 g/mol. The Kier molecular flexibility index (Phi) is 3.30. The van der Waals surface area contributed by atoms with Crippen molar-refractivity contribution in [3.8, 4) is 0 Å². The van der Waals surface area contributed by atoms with Gasteiger partial charge in [-0.2, -0.15) is 0 Å². The maximum Gasteiger partial charge on any atom is 0.0938 e. The van der Waals surface area contributed by atoms with Crippen LogP contribution in [0.2, 0.25) is 0 Å². The number of hydrogen-bond acceptors (Lipinski definition) is 4. The number of benzene rings is 1. The van der Waals surface area contributed by atoms with Crippen molar-refractivity contribution in [3.05, 3.63) is 45.6 Å². The van der Waals surface area contributed by atoms with Crippen molar-refractivity contribution < 1.29 is 0 Å². The average molecular weight is 274 g/mol. The lowest BCUT2D eigenvalue weighted by atomic mass is 10.2. The van der Waals surface area contributed by atoms with Gasteiger partial charge in [-0.15, -0.1) is 22.7 Å². The molecule has 0 saturated carbocycles. The van der Waals surface area contributed by atoms with Gasteiger partial charge in [0, 0.05) is 10.6 Å². The van der Waals surface area contributed by atoms with E-state index in [9.17, 15) is 0 Å². The van der Waals surface area contributed by atoms with Gasteiger partial charge in [0.15, 0.2) is 0 Å². The maximum atomic E-state index is 5.78. The predicted molar refractivity (Wildman–Crippen MR) is 80.4 cm³/mol. The third kappa shape index (κ3) is 2.54. The monoisotopic (exact) mass is 274 g/mol. The molecule has 0 bridgehead atoms. The number of fused-ring (bicyclic) bond motifs is 1. The zero-order chi connectivity index (χ0) is 12.4. The number of rotatable bonds is 4. The van der Waals surface area contributed by atoms with Crippen molar-refractivity contribution in [1.29, 1.82) is 0 Å². The van der Waals surface area contributed by atoms with Gasteiger partial charge in [0.05, 0.1) is 15.2 Å². The summed E-state index contributed by atoms with van der Waals surface area (Å²) in [6, 6.07) is 10.2. The van der Waals surface area contributed by atoms with E-state index >= 15 is 0 Å². The third-order valence-corrected chi connectivity index (χ3v) is 4.86. The first-order valence-corrected chi connectivity index (χ1v) is 7.68. The van der Waals surface area contributed by atoms with Crippen LogP contribution in [0.1, 0.15) is 16.3 Å². The van der Waals surface area contributed by atoms with E-state index in [1.807, 2.05) is 29.5 Å². The van der Waals surface area contributed by atoms with Gasteiger partial charge >= 0.3 is 0 Å². The van der Waals surface area contributed by atoms with Crippen LogP contribution in [0, 0.1) is 0 Å². The molecule has 0 spiro atoms. The number of thiazole rings is 1. The maximum absolute atomic E-state index is 5.78. The number of aryl methyl sites for hydroxylation is 2. The molecule has 2 aromatic heterocycles. The molecule has 3 aromatic rings. The summed E-state index contributed by atoms with van der Waals surface area (Å²) in [4.78, 5) is 6.10. The molecular formula is C14H14N2S2. The molecule has 0 radical (unpaired) electrons. The quantitative estimate of drug-likeness (QED) is 0.727. The van der Waals surface area contributed by atoms with Crippen LogP contribution in [-0.2, 0) is 12.8 Å². The lowest BCUT2D eigenvalue weighted by molar-refractivity contribution is 0.826. The molecule has 2 N–H and O–H groups in total. The second-order valence-electron chi connectivity index (χ2n) is 4.27. The fourth-order valence-electron chi connectivity index (χ4n) is 1.96. The van der Waals surface area contributed by atoms with E-state index in [0.717, 1.165) is 30.5 Å². The van der Waals surface area contributed by atoms with E-state index in [2.05, 4.69) is 22.5 Å². The Labute approximate surface area is 114 Å². The van der Waals surface area contributed by atoms with Gasteiger partial charge in [0.25, 0.3) is 0 Å². The van der Waals surface area contributed by atoms with Crippen LogP contribution in [0.25, 0.3) is 10.2 Å². The van der Waals surface area contributed by atoms with E-state index in [0.29, 0.717) is 0 Å². The summed E-state index contributed by atoms with van der Waals surface area (Å²) in [6.45, 7) is 0. The highest BCUT2D eigenvalue weighted by Crippen LogP contribution is 2.25. The largest absolute Gasteiger partial charge is 0.399 e. The number of aromatic nitrogens is 1. The molecule has 92 valence electrons. The van der Waals surface area contributed by atoms with Crippen LogP contribution < -0.4 is 5.73 Å². The molecule has 2 nitrogen and oxygen atoms in total. The lowest BCUT2D eigenvalue weighted by Gasteiger charge is -1.94. The fourth-order valence-corrected chi connectivity index (χ4v) is 3.77. The molecule has 0 unspecified atom stereocenters. The average Bonchev–Trinajstić information content (AvgIpc) is 2.97. The van der Waals surface area contributed by atoms with Crippen molar-refractivity contribution in [3.63, 3.8) is 0 Å². The summed E-state index contributed by atoms with van der Waals surface area (Å²) in [5.41, 5.74) is 7.66. The first kappa shape index (κ1) is 11.7. The zero-order valence-electron chi connectivity index (χ0n) is 9.93. The minimum absolute atomic E-state index is 0.816. The van der Waals surface area contributed by atoms with E-state index in [4.69, 9.17) is 5.73 Å². The highest BCUT2D eigenvalue weighted by Gasteiger charge is 2.04. The van der Waals surface area contributed by atoms with Crippen LogP contribution in [0.5, 0.6) is 0 Å². The van der Waals surface area contributed by atoms with Gasteiger partial charge in [-0.05, 0) is 48.9 Å². The number of nitrogens with two attached hydrogens (primary N) is 1. The van der Waals surface area contributed by atoms with Crippen molar-refractivity contribution in [1.82, 2.24) is 4.98 Å². The molecule has 3 rings (SSSR count). The van der Waals surface area contributed by atoms with Gasteiger partial charge in [-0.3, -0.25) is 0 Å².